The van der Waals surface area contributed by atoms with Crippen LogP contribution in [0.1, 0.15) is 38.3 Å². The Labute approximate surface area is 97.7 Å². The zero-order valence-corrected chi connectivity index (χ0v) is 10.2. The highest BCUT2D eigenvalue weighted by Gasteiger charge is 2.17. The van der Waals surface area contributed by atoms with Crippen LogP contribution in [0.15, 0.2) is 18.3 Å². The lowest BCUT2D eigenvalue weighted by Crippen LogP contribution is -2.33. The van der Waals surface area contributed by atoms with Crippen LogP contribution in [0.5, 0.6) is 0 Å². The first kappa shape index (κ1) is 11.4. The molecular weight excluding hydrogens is 198 g/mol. The first-order valence-corrected chi connectivity index (χ1v) is 6.13. The molecule has 2 heterocycles. The number of hydrogen-bond acceptors (Lipinski definition) is 3. The molecule has 1 fully saturated rings. The van der Waals surface area contributed by atoms with E-state index in [1.54, 1.807) is 0 Å². The van der Waals surface area contributed by atoms with E-state index in [-0.39, 0.29) is 6.04 Å². The Balaban J connectivity index is 2.11. The molecule has 0 radical (unpaired) electrons. The normalized spacial score (nSPS) is 19.8. The van der Waals surface area contributed by atoms with Crippen molar-refractivity contribution >= 4 is 5.82 Å². The van der Waals surface area contributed by atoms with Gasteiger partial charge in [-0.15, -0.1) is 0 Å². The Kier molecular flexibility index (Phi) is 3.44. The summed E-state index contributed by atoms with van der Waals surface area (Å²) < 4.78 is 0. The molecule has 3 heteroatoms. The minimum absolute atomic E-state index is 0.0884. The third-order valence-electron chi connectivity index (χ3n) is 3.40. The highest BCUT2D eigenvalue weighted by atomic mass is 15.2. The monoisotopic (exact) mass is 219 g/mol. The van der Waals surface area contributed by atoms with Gasteiger partial charge in [0, 0.05) is 25.3 Å². The van der Waals surface area contributed by atoms with Gasteiger partial charge < -0.3 is 10.6 Å². The van der Waals surface area contributed by atoms with Crippen LogP contribution in [0.2, 0.25) is 0 Å². The van der Waals surface area contributed by atoms with Gasteiger partial charge in [0.25, 0.3) is 0 Å². The summed E-state index contributed by atoms with van der Waals surface area (Å²) in [5.41, 5.74) is 7.06. The van der Waals surface area contributed by atoms with Gasteiger partial charge >= 0.3 is 0 Å². The van der Waals surface area contributed by atoms with Crippen LogP contribution >= 0.6 is 0 Å². The summed E-state index contributed by atoms with van der Waals surface area (Å²) in [5.74, 6) is 1.94. The fourth-order valence-electron chi connectivity index (χ4n) is 2.13. The van der Waals surface area contributed by atoms with Crippen molar-refractivity contribution in [3.8, 4) is 0 Å². The van der Waals surface area contributed by atoms with Crippen LogP contribution in [0, 0.1) is 5.92 Å². The van der Waals surface area contributed by atoms with E-state index in [9.17, 15) is 0 Å². The number of piperidine rings is 1. The molecule has 16 heavy (non-hydrogen) atoms. The van der Waals surface area contributed by atoms with Crippen LogP contribution < -0.4 is 10.6 Å². The zero-order chi connectivity index (χ0) is 11.5. The molecule has 0 spiro atoms. The van der Waals surface area contributed by atoms with Gasteiger partial charge in [-0.05, 0) is 43.4 Å². The molecule has 88 valence electrons. The van der Waals surface area contributed by atoms with Crippen LogP contribution in [0.4, 0.5) is 5.82 Å². The molecule has 1 aliphatic heterocycles. The fraction of sp³-hybridized carbons (Fsp3) is 0.615. The minimum Gasteiger partial charge on any atom is -0.357 e. The smallest absolute Gasteiger partial charge is 0.128 e. The standard InChI is InChI=1S/C13H21N3/c1-10-4-7-16(8-5-10)13-9-12(11(2)14)3-6-15-13/h3,6,9-11H,4-5,7-8,14H2,1-2H3/t11-/m0/s1. The SMILES string of the molecule is CC1CCN(c2cc([C@H](C)N)ccn2)CC1. The summed E-state index contributed by atoms with van der Waals surface area (Å²) in [6.07, 6.45) is 4.40. The number of nitrogens with zero attached hydrogens (tertiary/aromatic N) is 2. The maximum atomic E-state index is 5.89. The lowest BCUT2D eigenvalue weighted by atomic mass is 9.99. The third kappa shape index (κ3) is 2.53. The second kappa shape index (κ2) is 4.83. The van der Waals surface area contributed by atoms with Crippen molar-refractivity contribution in [2.45, 2.75) is 32.7 Å². The molecule has 1 aromatic rings. The molecule has 1 atom stereocenters. The van der Waals surface area contributed by atoms with Gasteiger partial charge in [0.1, 0.15) is 5.82 Å². The van der Waals surface area contributed by atoms with Gasteiger partial charge in [-0.25, -0.2) is 4.98 Å². The van der Waals surface area contributed by atoms with Crippen molar-refractivity contribution in [3.63, 3.8) is 0 Å². The van der Waals surface area contributed by atoms with E-state index in [1.807, 2.05) is 19.2 Å². The highest BCUT2D eigenvalue weighted by molar-refractivity contribution is 5.42. The minimum atomic E-state index is 0.0884. The van der Waals surface area contributed by atoms with Crippen LogP contribution in [0.3, 0.4) is 0 Å². The van der Waals surface area contributed by atoms with Crippen LogP contribution in [0.25, 0.3) is 0 Å². The van der Waals surface area contributed by atoms with Gasteiger partial charge in [0.05, 0.1) is 0 Å². The quantitative estimate of drug-likeness (QED) is 0.830. The Morgan fingerprint density at radius 1 is 1.44 bits per heavy atom. The van der Waals surface area contributed by atoms with Crippen LogP contribution in [-0.2, 0) is 0 Å². The number of anilines is 1. The summed E-state index contributed by atoms with van der Waals surface area (Å²) in [6.45, 7) is 6.58. The predicted molar refractivity (Wildman–Crippen MR) is 67.5 cm³/mol. The number of aromatic nitrogens is 1. The molecule has 1 aliphatic rings. The molecule has 0 unspecified atom stereocenters. The fourth-order valence-corrected chi connectivity index (χ4v) is 2.13. The molecule has 2 N–H and O–H groups in total. The Morgan fingerprint density at radius 2 is 2.12 bits per heavy atom. The first-order chi connectivity index (χ1) is 7.66. The van der Waals surface area contributed by atoms with Gasteiger partial charge in [-0.2, -0.15) is 0 Å². The average molecular weight is 219 g/mol. The van der Waals surface area contributed by atoms with E-state index >= 15 is 0 Å². The Morgan fingerprint density at radius 3 is 2.75 bits per heavy atom. The van der Waals surface area contributed by atoms with Gasteiger partial charge in [0.2, 0.25) is 0 Å². The van der Waals surface area contributed by atoms with Crippen molar-refractivity contribution in [3.05, 3.63) is 23.9 Å². The van der Waals surface area contributed by atoms with Crippen molar-refractivity contribution in [1.82, 2.24) is 4.98 Å². The Bertz CT molecular complexity index is 341. The topological polar surface area (TPSA) is 42.1 Å². The zero-order valence-electron chi connectivity index (χ0n) is 10.2. The van der Waals surface area contributed by atoms with E-state index in [4.69, 9.17) is 5.73 Å². The molecule has 0 saturated carbocycles. The highest BCUT2D eigenvalue weighted by Crippen LogP contribution is 2.22. The average Bonchev–Trinajstić information content (AvgIpc) is 2.30. The molecule has 0 bridgehead atoms. The molecule has 1 saturated heterocycles. The lowest BCUT2D eigenvalue weighted by Gasteiger charge is -2.31. The number of pyridine rings is 1. The number of hydrogen-bond donors (Lipinski definition) is 1. The van der Waals surface area contributed by atoms with E-state index < -0.39 is 0 Å². The number of nitrogens with two attached hydrogens (primary N) is 1. The van der Waals surface area contributed by atoms with Crippen molar-refractivity contribution < 1.29 is 0 Å². The lowest BCUT2D eigenvalue weighted by molar-refractivity contribution is 0.436. The molecule has 3 nitrogen and oxygen atoms in total. The van der Waals surface area contributed by atoms with Gasteiger partial charge in [-0.1, -0.05) is 6.92 Å². The van der Waals surface area contributed by atoms with Crippen molar-refractivity contribution in [2.24, 2.45) is 11.7 Å². The number of rotatable bonds is 2. The molecule has 2 rings (SSSR count). The maximum Gasteiger partial charge on any atom is 0.128 e. The predicted octanol–water partition coefficient (Wildman–Crippen LogP) is 2.34. The summed E-state index contributed by atoms with van der Waals surface area (Å²) in [6, 6.07) is 4.21. The summed E-state index contributed by atoms with van der Waals surface area (Å²) in [5, 5.41) is 0. The summed E-state index contributed by atoms with van der Waals surface area (Å²) >= 11 is 0. The van der Waals surface area contributed by atoms with Crippen LogP contribution in [-0.4, -0.2) is 18.1 Å². The first-order valence-electron chi connectivity index (χ1n) is 6.13. The second-order valence-electron chi connectivity index (χ2n) is 4.91. The van der Waals surface area contributed by atoms with E-state index in [0.717, 1.165) is 24.8 Å². The van der Waals surface area contributed by atoms with E-state index in [1.165, 1.54) is 18.4 Å². The summed E-state index contributed by atoms with van der Waals surface area (Å²) in [7, 11) is 0. The van der Waals surface area contributed by atoms with E-state index in [0.29, 0.717) is 0 Å². The molecule has 0 aromatic carbocycles. The van der Waals surface area contributed by atoms with Gasteiger partial charge in [-0.3, -0.25) is 0 Å². The second-order valence-corrected chi connectivity index (χ2v) is 4.91. The van der Waals surface area contributed by atoms with Crippen molar-refractivity contribution in [2.75, 3.05) is 18.0 Å². The molecule has 0 amide bonds. The van der Waals surface area contributed by atoms with Gasteiger partial charge in [0.15, 0.2) is 0 Å². The molecular formula is C13H21N3. The van der Waals surface area contributed by atoms with E-state index in [2.05, 4.69) is 22.9 Å². The Hall–Kier alpha value is -1.09. The maximum absolute atomic E-state index is 5.89. The summed E-state index contributed by atoms with van der Waals surface area (Å²) in [4.78, 5) is 6.81. The third-order valence-corrected chi connectivity index (χ3v) is 3.40. The van der Waals surface area contributed by atoms with Crippen molar-refractivity contribution in [1.29, 1.82) is 0 Å². The molecule has 0 aliphatic carbocycles. The molecule has 1 aromatic heterocycles. The largest absolute Gasteiger partial charge is 0.357 e.